The van der Waals surface area contributed by atoms with Gasteiger partial charge in [-0.2, -0.15) is 5.26 Å². The minimum absolute atomic E-state index is 0.0801. The van der Waals surface area contributed by atoms with Gasteiger partial charge in [0.05, 0.1) is 24.3 Å². The largest absolute Gasteiger partial charge is 0.392 e. The highest BCUT2D eigenvalue weighted by molar-refractivity contribution is 5.79. The first kappa shape index (κ1) is 17.2. The Hall–Kier alpha value is -2.16. The van der Waals surface area contributed by atoms with Gasteiger partial charge in [0, 0.05) is 26.2 Å². The monoisotopic (exact) mass is 313 g/mol. The number of benzene rings is 1. The first-order valence-corrected chi connectivity index (χ1v) is 7.90. The van der Waals surface area contributed by atoms with E-state index in [9.17, 15) is 9.90 Å². The van der Waals surface area contributed by atoms with Crippen LogP contribution in [-0.2, 0) is 11.3 Å². The van der Waals surface area contributed by atoms with E-state index < -0.39 is 6.10 Å². The Bertz CT molecular complexity index is 577. The van der Waals surface area contributed by atoms with Crippen LogP contribution in [0.15, 0.2) is 36.9 Å². The molecule has 0 radical (unpaired) electrons. The maximum atomic E-state index is 12.3. The fourth-order valence-corrected chi connectivity index (χ4v) is 2.68. The number of hydrogen-bond acceptors (Lipinski definition) is 4. The van der Waals surface area contributed by atoms with E-state index in [1.54, 1.807) is 18.2 Å². The molecule has 1 aliphatic heterocycles. The van der Waals surface area contributed by atoms with Crippen LogP contribution in [0.5, 0.6) is 0 Å². The lowest BCUT2D eigenvalue weighted by Gasteiger charge is -2.35. The summed E-state index contributed by atoms with van der Waals surface area (Å²) in [6, 6.07) is 9.40. The molecule has 1 aromatic rings. The van der Waals surface area contributed by atoms with E-state index in [-0.39, 0.29) is 5.91 Å². The molecule has 1 aliphatic rings. The Morgan fingerprint density at radius 3 is 2.70 bits per heavy atom. The lowest BCUT2D eigenvalue weighted by Crippen LogP contribution is -2.51. The molecule has 0 spiro atoms. The van der Waals surface area contributed by atoms with Gasteiger partial charge in [-0.3, -0.25) is 9.69 Å². The number of piperazine rings is 1. The molecular weight excluding hydrogens is 290 g/mol. The standard InChI is InChI=1S/C18H23N3O2/c1-2-3-4-17(22)13-20-9-10-21(18(23)14-20)12-16-7-5-15(11-19)6-8-16/h2,5-8,17,22H,1,3-4,9-10,12-14H2. The van der Waals surface area contributed by atoms with Crippen LogP contribution in [0.3, 0.4) is 0 Å². The van der Waals surface area contributed by atoms with Crippen molar-refractivity contribution in [2.75, 3.05) is 26.2 Å². The van der Waals surface area contributed by atoms with Gasteiger partial charge in [-0.05, 0) is 30.5 Å². The number of carbonyl (C=O) groups excluding carboxylic acids is 1. The van der Waals surface area contributed by atoms with Gasteiger partial charge >= 0.3 is 0 Å². The number of nitrogens with zero attached hydrogens (tertiary/aromatic N) is 3. The van der Waals surface area contributed by atoms with E-state index in [4.69, 9.17) is 5.26 Å². The molecule has 0 aliphatic carbocycles. The van der Waals surface area contributed by atoms with Crippen LogP contribution in [0.25, 0.3) is 0 Å². The third-order valence-electron chi connectivity index (χ3n) is 4.03. The second-order valence-corrected chi connectivity index (χ2v) is 5.88. The highest BCUT2D eigenvalue weighted by atomic mass is 16.3. The minimum Gasteiger partial charge on any atom is -0.392 e. The van der Waals surface area contributed by atoms with Crippen molar-refractivity contribution >= 4 is 5.91 Å². The van der Waals surface area contributed by atoms with E-state index in [2.05, 4.69) is 12.6 Å². The highest BCUT2D eigenvalue weighted by Crippen LogP contribution is 2.12. The third kappa shape index (κ3) is 5.20. The number of nitriles is 1. The van der Waals surface area contributed by atoms with Crippen molar-refractivity contribution < 1.29 is 9.90 Å². The molecule has 0 aromatic heterocycles. The van der Waals surface area contributed by atoms with Crippen molar-refractivity contribution in [1.82, 2.24) is 9.80 Å². The summed E-state index contributed by atoms with van der Waals surface area (Å²) in [6.07, 6.45) is 2.85. The molecule has 122 valence electrons. The summed E-state index contributed by atoms with van der Waals surface area (Å²) >= 11 is 0. The molecule has 1 fully saturated rings. The summed E-state index contributed by atoms with van der Waals surface area (Å²) < 4.78 is 0. The van der Waals surface area contributed by atoms with Crippen molar-refractivity contribution in [2.24, 2.45) is 0 Å². The number of aliphatic hydroxyl groups excluding tert-OH is 1. The molecule has 5 nitrogen and oxygen atoms in total. The number of aliphatic hydroxyl groups is 1. The summed E-state index contributed by atoms with van der Waals surface area (Å²) in [6.45, 7) is 6.53. The Kier molecular flexibility index (Phi) is 6.33. The Morgan fingerprint density at radius 1 is 1.35 bits per heavy atom. The van der Waals surface area contributed by atoms with Crippen molar-refractivity contribution in [3.63, 3.8) is 0 Å². The topological polar surface area (TPSA) is 67.6 Å². The van der Waals surface area contributed by atoms with Crippen LogP contribution >= 0.6 is 0 Å². The highest BCUT2D eigenvalue weighted by Gasteiger charge is 2.25. The normalized spacial score (nSPS) is 16.9. The molecule has 23 heavy (non-hydrogen) atoms. The van der Waals surface area contributed by atoms with E-state index in [0.29, 0.717) is 38.2 Å². The van der Waals surface area contributed by atoms with E-state index in [0.717, 1.165) is 18.5 Å². The van der Waals surface area contributed by atoms with Crippen molar-refractivity contribution in [3.05, 3.63) is 48.0 Å². The minimum atomic E-state index is -0.411. The molecule has 5 heteroatoms. The Morgan fingerprint density at radius 2 is 2.09 bits per heavy atom. The number of rotatable bonds is 7. The quantitative estimate of drug-likeness (QED) is 0.775. The van der Waals surface area contributed by atoms with E-state index in [1.807, 2.05) is 21.9 Å². The third-order valence-corrected chi connectivity index (χ3v) is 4.03. The zero-order chi connectivity index (χ0) is 16.7. The van der Waals surface area contributed by atoms with Gasteiger partial charge < -0.3 is 10.0 Å². The van der Waals surface area contributed by atoms with Gasteiger partial charge in [-0.15, -0.1) is 6.58 Å². The average molecular weight is 313 g/mol. The fraction of sp³-hybridized carbons (Fsp3) is 0.444. The molecule has 2 rings (SSSR count). The molecule has 1 atom stereocenters. The second kappa shape index (κ2) is 8.47. The number of allylic oxidation sites excluding steroid dienone is 1. The summed E-state index contributed by atoms with van der Waals surface area (Å²) in [5.74, 6) is 0.0801. The van der Waals surface area contributed by atoms with Crippen molar-refractivity contribution in [2.45, 2.75) is 25.5 Å². The summed E-state index contributed by atoms with van der Waals surface area (Å²) in [5.41, 5.74) is 1.65. The number of carbonyl (C=O) groups is 1. The lowest BCUT2D eigenvalue weighted by atomic mass is 10.1. The maximum absolute atomic E-state index is 12.3. The smallest absolute Gasteiger partial charge is 0.237 e. The summed E-state index contributed by atoms with van der Waals surface area (Å²) in [5, 5.41) is 18.7. The van der Waals surface area contributed by atoms with Crippen molar-refractivity contribution in [1.29, 1.82) is 5.26 Å². The molecule has 1 N–H and O–H groups in total. The van der Waals surface area contributed by atoms with E-state index in [1.165, 1.54) is 0 Å². The van der Waals surface area contributed by atoms with Crippen LogP contribution < -0.4 is 0 Å². The van der Waals surface area contributed by atoms with Gasteiger partial charge in [0.2, 0.25) is 5.91 Å². The first-order chi connectivity index (χ1) is 11.1. The predicted molar refractivity (Wildman–Crippen MR) is 88.5 cm³/mol. The Labute approximate surface area is 137 Å². The molecule has 1 amide bonds. The van der Waals surface area contributed by atoms with Crippen LogP contribution in [0, 0.1) is 11.3 Å². The van der Waals surface area contributed by atoms with Crippen molar-refractivity contribution in [3.8, 4) is 6.07 Å². The summed E-state index contributed by atoms with van der Waals surface area (Å²) in [7, 11) is 0. The molecule has 1 aromatic carbocycles. The van der Waals surface area contributed by atoms with Crippen LogP contribution in [0.1, 0.15) is 24.0 Å². The molecular formula is C18H23N3O2. The van der Waals surface area contributed by atoms with Gasteiger partial charge in [-0.1, -0.05) is 18.2 Å². The number of β-amino-alcohol motifs (C(OH)–C–C–N with tert-alkyl or cyclic N) is 1. The van der Waals surface area contributed by atoms with Gasteiger partial charge in [-0.25, -0.2) is 0 Å². The maximum Gasteiger partial charge on any atom is 0.237 e. The lowest BCUT2D eigenvalue weighted by molar-refractivity contribution is -0.137. The van der Waals surface area contributed by atoms with Gasteiger partial charge in [0.15, 0.2) is 0 Å². The zero-order valence-corrected chi connectivity index (χ0v) is 13.3. The zero-order valence-electron chi connectivity index (χ0n) is 13.3. The van der Waals surface area contributed by atoms with E-state index >= 15 is 0 Å². The molecule has 1 saturated heterocycles. The van der Waals surface area contributed by atoms with Crippen LogP contribution in [-0.4, -0.2) is 53.1 Å². The van der Waals surface area contributed by atoms with Gasteiger partial charge in [0.25, 0.3) is 0 Å². The molecule has 1 heterocycles. The average Bonchev–Trinajstić information content (AvgIpc) is 2.56. The summed E-state index contributed by atoms with van der Waals surface area (Å²) in [4.78, 5) is 16.1. The molecule has 1 unspecified atom stereocenters. The predicted octanol–water partition coefficient (Wildman–Crippen LogP) is 1.53. The SMILES string of the molecule is C=CCCC(O)CN1CCN(Cc2ccc(C#N)cc2)C(=O)C1. The van der Waals surface area contributed by atoms with Crippen LogP contribution in [0.4, 0.5) is 0 Å². The number of hydrogen-bond donors (Lipinski definition) is 1. The van der Waals surface area contributed by atoms with Gasteiger partial charge in [0.1, 0.15) is 0 Å². The first-order valence-electron chi connectivity index (χ1n) is 7.90. The fourth-order valence-electron chi connectivity index (χ4n) is 2.68. The Balaban J connectivity index is 1.82. The van der Waals surface area contributed by atoms with Crippen LogP contribution in [0.2, 0.25) is 0 Å². The molecule has 0 bridgehead atoms. The number of amides is 1. The molecule has 0 saturated carbocycles. The second-order valence-electron chi connectivity index (χ2n) is 5.88.